The molecule has 90 valence electrons. The summed E-state index contributed by atoms with van der Waals surface area (Å²) in [4.78, 5) is 0. The van der Waals surface area contributed by atoms with Crippen LogP contribution in [0.15, 0.2) is 24.3 Å². The van der Waals surface area contributed by atoms with E-state index in [-0.39, 0.29) is 11.9 Å². The van der Waals surface area contributed by atoms with E-state index < -0.39 is 0 Å². The molecular weight excluding hydrogens is 203 g/mol. The normalized spacial score (nSPS) is 12.7. The molecule has 3 heteroatoms. The van der Waals surface area contributed by atoms with E-state index in [1.165, 1.54) is 25.3 Å². The van der Waals surface area contributed by atoms with Crippen molar-refractivity contribution in [2.24, 2.45) is 5.84 Å². The maximum atomic E-state index is 13.0. The molecule has 0 aliphatic carbocycles. The van der Waals surface area contributed by atoms with Gasteiger partial charge in [0.1, 0.15) is 5.82 Å². The number of hydrogen-bond donors (Lipinski definition) is 2. The van der Waals surface area contributed by atoms with Gasteiger partial charge in [-0.2, -0.15) is 0 Å². The van der Waals surface area contributed by atoms with Gasteiger partial charge in [-0.15, -0.1) is 0 Å². The van der Waals surface area contributed by atoms with Crippen LogP contribution in [0.4, 0.5) is 4.39 Å². The Balaban J connectivity index is 2.43. The van der Waals surface area contributed by atoms with Crippen molar-refractivity contribution in [1.29, 1.82) is 0 Å². The average molecular weight is 224 g/mol. The molecule has 0 saturated carbocycles. The summed E-state index contributed by atoms with van der Waals surface area (Å²) in [5, 5.41) is 0. The summed E-state index contributed by atoms with van der Waals surface area (Å²) in [6.45, 7) is 2.18. The van der Waals surface area contributed by atoms with Gasteiger partial charge in [-0.05, 0) is 30.5 Å². The van der Waals surface area contributed by atoms with Gasteiger partial charge in [0.2, 0.25) is 0 Å². The van der Waals surface area contributed by atoms with Crippen molar-refractivity contribution in [2.45, 2.75) is 45.1 Å². The van der Waals surface area contributed by atoms with Crippen LogP contribution in [-0.4, -0.2) is 6.04 Å². The smallest absolute Gasteiger partial charge is 0.123 e. The molecule has 0 amide bonds. The molecular formula is C13H21FN2. The van der Waals surface area contributed by atoms with Gasteiger partial charge in [-0.3, -0.25) is 11.3 Å². The monoisotopic (exact) mass is 224 g/mol. The highest BCUT2D eigenvalue weighted by molar-refractivity contribution is 5.17. The summed E-state index contributed by atoms with van der Waals surface area (Å²) in [7, 11) is 0. The van der Waals surface area contributed by atoms with Crippen LogP contribution in [0.5, 0.6) is 0 Å². The van der Waals surface area contributed by atoms with Crippen LogP contribution in [0.3, 0.4) is 0 Å². The Bertz CT molecular complexity index is 302. The van der Waals surface area contributed by atoms with Crippen molar-refractivity contribution < 1.29 is 4.39 Å². The minimum Gasteiger partial charge on any atom is -0.271 e. The largest absolute Gasteiger partial charge is 0.271 e. The second kappa shape index (κ2) is 7.36. The molecule has 1 aromatic carbocycles. The summed E-state index contributed by atoms with van der Waals surface area (Å²) >= 11 is 0. The first-order valence-electron chi connectivity index (χ1n) is 5.96. The number of hydrogen-bond acceptors (Lipinski definition) is 2. The van der Waals surface area contributed by atoms with E-state index in [1.807, 2.05) is 6.07 Å². The van der Waals surface area contributed by atoms with E-state index in [9.17, 15) is 4.39 Å². The van der Waals surface area contributed by atoms with Crippen LogP contribution in [0, 0.1) is 5.82 Å². The van der Waals surface area contributed by atoms with E-state index in [2.05, 4.69) is 12.3 Å². The van der Waals surface area contributed by atoms with Crippen LogP contribution in [0.2, 0.25) is 0 Å². The third-order valence-electron chi connectivity index (χ3n) is 2.76. The minimum absolute atomic E-state index is 0.179. The van der Waals surface area contributed by atoms with Crippen molar-refractivity contribution >= 4 is 0 Å². The highest BCUT2D eigenvalue weighted by Crippen LogP contribution is 2.10. The van der Waals surface area contributed by atoms with Gasteiger partial charge in [0, 0.05) is 6.04 Å². The Morgan fingerprint density at radius 3 is 2.81 bits per heavy atom. The Morgan fingerprint density at radius 2 is 2.19 bits per heavy atom. The summed E-state index contributed by atoms with van der Waals surface area (Å²) < 4.78 is 13.0. The van der Waals surface area contributed by atoms with E-state index in [0.29, 0.717) is 0 Å². The van der Waals surface area contributed by atoms with Crippen LogP contribution < -0.4 is 11.3 Å². The lowest BCUT2D eigenvalue weighted by Gasteiger charge is -2.15. The first-order chi connectivity index (χ1) is 7.76. The Labute approximate surface area is 97.0 Å². The third-order valence-corrected chi connectivity index (χ3v) is 2.76. The first kappa shape index (κ1) is 13.1. The lowest BCUT2D eigenvalue weighted by Crippen LogP contribution is -2.36. The predicted molar refractivity (Wildman–Crippen MR) is 65.4 cm³/mol. The molecule has 0 fully saturated rings. The summed E-state index contributed by atoms with van der Waals surface area (Å²) in [5.41, 5.74) is 3.81. The highest BCUT2D eigenvalue weighted by atomic mass is 19.1. The zero-order valence-electron chi connectivity index (χ0n) is 9.88. The number of rotatable bonds is 7. The van der Waals surface area contributed by atoms with E-state index >= 15 is 0 Å². The molecule has 0 spiro atoms. The molecule has 0 aliphatic heterocycles. The van der Waals surface area contributed by atoms with Gasteiger partial charge in [-0.25, -0.2) is 4.39 Å². The van der Waals surface area contributed by atoms with Crippen molar-refractivity contribution in [3.8, 4) is 0 Å². The molecule has 3 N–H and O–H groups in total. The van der Waals surface area contributed by atoms with Crippen LogP contribution in [0.1, 0.15) is 38.2 Å². The van der Waals surface area contributed by atoms with Crippen molar-refractivity contribution in [2.75, 3.05) is 0 Å². The highest BCUT2D eigenvalue weighted by Gasteiger charge is 2.07. The van der Waals surface area contributed by atoms with Gasteiger partial charge in [0.05, 0.1) is 0 Å². The van der Waals surface area contributed by atoms with Crippen LogP contribution in [-0.2, 0) is 6.42 Å². The fraction of sp³-hybridized carbons (Fsp3) is 0.538. The lowest BCUT2D eigenvalue weighted by atomic mass is 10.0. The van der Waals surface area contributed by atoms with Crippen LogP contribution >= 0.6 is 0 Å². The number of halogens is 1. The van der Waals surface area contributed by atoms with Gasteiger partial charge in [-0.1, -0.05) is 38.3 Å². The molecule has 0 saturated heterocycles. The van der Waals surface area contributed by atoms with E-state index in [4.69, 9.17) is 5.84 Å². The molecule has 1 aromatic rings. The third kappa shape index (κ3) is 4.73. The summed E-state index contributed by atoms with van der Waals surface area (Å²) in [6, 6.07) is 6.96. The Kier molecular flexibility index (Phi) is 6.04. The molecule has 1 rings (SSSR count). The fourth-order valence-corrected chi connectivity index (χ4v) is 1.83. The lowest BCUT2D eigenvalue weighted by molar-refractivity contribution is 0.466. The first-order valence-corrected chi connectivity index (χ1v) is 5.96. The van der Waals surface area contributed by atoms with Crippen molar-refractivity contribution in [3.63, 3.8) is 0 Å². The number of nitrogens with one attached hydrogen (secondary N) is 1. The SMILES string of the molecule is CCCCCC(Cc1cccc(F)c1)NN. The summed E-state index contributed by atoms with van der Waals surface area (Å²) in [6.07, 6.45) is 5.43. The maximum Gasteiger partial charge on any atom is 0.123 e. The molecule has 0 bridgehead atoms. The molecule has 1 unspecified atom stereocenters. The van der Waals surface area contributed by atoms with Gasteiger partial charge in [0.25, 0.3) is 0 Å². The predicted octanol–water partition coefficient (Wildman–Crippen LogP) is 2.78. The molecule has 0 radical (unpaired) electrons. The van der Waals surface area contributed by atoms with Crippen LogP contribution in [0.25, 0.3) is 0 Å². The van der Waals surface area contributed by atoms with E-state index in [0.717, 1.165) is 18.4 Å². The molecule has 2 nitrogen and oxygen atoms in total. The topological polar surface area (TPSA) is 38.0 Å². The van der Waals surface area contributed by atoms with Crippen molar-refractivity contribution in [1.82, 2.24) is 5.43 Å². The Morgan fingerprint density at radius 1 is 1.38 bits per heavy atom. The zero-order chi connectivity index (χ0) is 11.8. The number of hydrazine groups is 1. The van der Waals surface area contributed by atoms with Gasteiger partial charge < -0.3 is 0 Å². The maximum absolute atomic E-state index is 13.0. The standard InChI is InChI=1S/C13H21FN2/c1-2-3-4-8-13(16-15)10-11-6-5-7-12(14)9-11/h5-7,9,13,16H,2-4,8,10,15H2,1H3. The van der Waals surface area contributed by atoms with Gasteiger partial charge in [0.15, 0.2) is 0 Å². The molecule has 1 atom stereocenters. The van der Waals surface area contributed by atoms with E-state index in [1.54, 1.807) is 12.1 Å². The number of nitrogens with two attached hydrogens (primary N) is 1. The quantitative estimate of drug-likeness (QED) is 0.424. The average Bonchev–Trinajstić information content (AvgIpc) is 2.28. The van der Waals surface area contributed by atoms with Crippen molar-refractivity contribution in [3.05, 3.63) is 35.6 Å². The second-order valence-electron chi connectivity index (χ2n) is 4.19. The second-order valence-corrected chi connectivity index (χ2v) is 4.19. The number of benzene rings is 1. The van der Waals surface area contributed by atoms with Gasteiger partial charge >= 0.3 is 0 Å². The number of unbranched alkanes of at least 4 members (excludes halogenated alkanes) is 2. The minimum atomic E-state index is -0.179. The zero-order valence-corrected chi connectivity index (χ0v) is 9.88. The molecule has 0 aromatic heterocycles. The molecule has 0 aliphatic rings. The molecule has 16 heavy (non-hydrogen) atoms. The Hall–Kier alpha value is -0.930. The fourth-order valence-electron chi connectivity index (χ4n) is 1.83. The summed E-state index contributed by atoms with van der Waals surface area (Å²) in [5.74, 6) is 5.32. The molecule has 0 heterocycles.